The Balaban J connectivity index is 1.85. The molecule has 2 unspecified atom stereocenters. The normalized spacial score (nSPS) is 24.3. The Bertz CT molecular complexity index is 457. The molecule has 126 valence electrons. The van der Waals surface area contributed by atoms with Crippen molar-refractivity contribution in [1.82, 2.24) is 9.80 Å². The summed E-state index contributed by atoms with van der Waals surface area (Å²) in [5.41, 5.74) is 0. The molecule has 1 amide bonds. The highest BCUT2D eigenvalue weighted by atomic mass is 16.2. The highest BCUT2D eigenvalue weighted by Gasteiger charge is 2.30. The lowest BCUT2D eigenvalue weighted by atomic mass is 9.94. The lowest BCUT2D eigenvalue weighted by molar-refractivity contribution is -0.137. The first-order valence-corrected chi connectivity index (χ1v) is 9.02. The van der Waals surface area contributed by atoms with Gasteiger partial charge in [0.1, 0.15) is 0 Å². The molecule has 2 aliphatic heterocycles. The first-order valence-electron chi connectivity index (χ1n) is 9.02. The molecule has 2 rings (SSSR count). The summed E-state index contributed by atoms with van der Waals surface area (Å²) in [5, 5.41) is 17.9. The SMILES string of the molecule is N#CCCC(C#N)CN1CCCC(C(=O)N2CCCCCC2)C1. The molecule has 2 atom stereocenters. The van der Waals surface area contributed by atoms with Crippen LogP contribution in [-0.2, 0) is 4.79 Å². The molecule has 23 heavy (non-hydrogen) atoms. The van der Waals surface area contributed by atoms with Crippen molar-refractivity contribution in [2.75, 3.05) is 32.7 Å². The molecule has 0 aromatic rings. The zero-order chi connectivity index (χ0) is 16.5. The number of nitriles is 2. The van der Waals surface area contributed by atoms with Crippen LogP contribution in [-0.4, -0.2) is 48.4 Å². The molecule has 0 radical (unpaired) electrons. The maximum absolute atomic E-state index is 12.8. The van der Waals surface area contributed by atoms with E-state index in [1.165, 1.54) is 12.8 Å². The van der Waals surface area contributed by atoms with Gasteiger partial charge in [0.05, 0.1) is 24.0 Å². The molecule has 0 aliphatic carbocycles. The Morgan fingerprint density at radius 2 is 1.83 bits per heavy atom. The van der Waals surface area contributed by atoms with Gasteiger partial charge in [-0.1, -0.05) is 12.8 Å². The summed E-state index contributed by atoms with van der Waals surface area (Å²) >= 11 is 0. The van der Waals surface area contributed by atoms with Crippen LogP contribution >= 0.6 is 0 Å². The second-order valence-electron chi connectivity index (χ2n) is 6.86. The van der Waals surface area contributed by atoms with Crippen LogP contribution in [0, 0.1) is 34.5 Å². The zero-order valence-corrected chi connectivity index (χ0v) is 14.0. The Kier molecular flexibility index (Phi) is 7.36. The van der Waals surface area contributed by atoms with Crippen LogP contribution in [0.1, 0.15) is 51.4 Å². The molecule has 2 heterocycles. The van der Waals surface area contributed by atoms with Crippen molar-refractivity contribution in [1.29, 1.82) is 10.5 Å². The third-order valence-corrected chi connectivity index (χ3v) is 5.04. The second kappa shape index (κ2) is 9.53. The molecule has 0 spiro atoms. The summed E-state index contributed by atoms with van der Waals surface area (Å²) in [6, 6.07) is 4.43. The molecule has 0 aromatic heterocycles. The molecule has 5 nitrogen and oxygen atoms in total. The number of hydrogen-bond acceptors (Lipinski definition) is 4. The minimum absolute atomic E-state index is 0.0946. The predicted octanol–water partition coefficient (Wildman–Crippen LogP) is 2.54. The van der Waals surface area contributed by atoms with Crippen LogP contribution in [0.5, 0.6) is 0 Å². The van der Waals surface area contributed by atoms with Gasteiger partial charge < -0.3 is 9.80 Å². The van der Waals surface area contributed by atoms with E-state index in [9.17, 15) is 10.1 Å². The third kappa shape index (κ3) is 5.52. The van der Waals surface area contributed by atoms with E-state index in [0.717, 1.165) is 51.9 Å². The van der Waals surface area contributed by atoms with E-state index in [-0.39, 0.29) is 11.8 Å². The standard InChI is InChI=1S/C18H28N4O/c19-9-5-7-16(13-20)14-21-10-6-8-17(15-21)18(23)22-11-3-1-2-4-12-22/h16-17H,1-8,10-12,14-15H2. The monoisotopic (exact) mass is 316 g/mol. The van der Waals surface area contributed by atoms with Crippen LogP contribution in [0.25, 0.3) is 0 Å². The Morgan fingerprint density at radius 1 is 1.09 bits per heavy atom. The van der Waals surface area contributed by atoms with E-state index in [0.29, 0.717) is 25.3 Å². The predicted molar refractivity (Wildman–Crippen MR) is 88.2 cm³/mol. The number of rotatable bonds is 5. The van der Waals surface area contributed by atoms with E-state index in [1.807, 2.05) is 0 Å². The molecule has 2 fully saturated rings. The molecule has 2 aliphatic rings. The molecule has 2 saturated heterocycles. The van der Waals surface area contributed by atoms with Gasteiger partial charge in [0.25, 0.3) is 0 Å². The van der Waals surface area contributed by atoms with Gasteiger partial charge in [0, 0.05) is 32.6 Å². The number of carbonyl (C=O) groups is 1. The van der Waals surface area contributed by atoms with Crippen molar-refractivity contribution in [3.05, 3.63) is 0 Å². The molecule has 0 bridgehead atoms. The quantitative estimate of drug-likeness (QED) is 0.781. The van der Waals surface area contributed by atoms with Gasteiger partial charge in [-0.25, -0.2) is 0 Å². The van der Waals surface area contributed by atoms with E-state index in [2.05, 4.69) is 21.9 Å². The van der Waals surface area contributed by atoms with Crippen molar-refractivity contribution in [2.45, 2.75) is 51.4 Å². The third-order valence-electron chi connectivity index (χ3n) is 5.04. The second-order valence-corrected chi connectivity index (χ2v) is 6.86. The van der Waals surface area contributed by atoms with Gasteiger partial charge in [-0.05, 0) is 38.6 Å². The first kappa shape index (κ1) is 17.8. The van der Waals surface area contributed by atoms with Crippen LogP contribution < -0.4 is 0 Å². The molecular formula is C18H28N4O. The molecule has 5 heteroatoms. The van der Waals surface area contributed by atoms with Gasteiger partial charge in [-0.2, -0.15) is 10.5 Å². The van der Waals surface area contributed by atoms with E-state index < -0.39 is 0 Å². The van der Waals surface area contributed by atoms with Gasteiger partial charge in [-0.15, -0.1) is 0 Å². The average molecular weight is 316 g/mol. The van der Waals surface area contributed by atoms with Gasteiger partial charge >= 0.3 is 0 Å². The number of likely N-dealkylation sites (tertiary alicyclic amines) is 2. The van der Waals surface area contributed by atoms with Crippen molar-refractivity contribution >= 4 is 5.91 Å². The number of nitrogens with zero attached hydrogens (tertiary/aromatic N) is 4. The van der Waals surface area contributed by atoms with Crippen molar-refractivity contribution in [2.24, 2.45) is 11.8 Å². The summed E-state index contributed by atoms with van der Waals surface area (Å²) in [7, 11) is 0. The topological polar surface area (TPSA) is 71.1 Å². The fourth-order valence-corrected chi connectivity index (χ4v) is 3.72. The summed E-state index contributed by atoms with van der Waals surface area (Å²) in [4.78, 5) is 17.1. The first-order chi connectivity index (χ1) is 11.2. The highest BCUT2D eigenvalue weighted by molar-refractivity contribution is 5.79. The Hall–Kier alpha value is -1.59. The number of hydrogen-bond donors (Lipinski definition) is 0. The largest absolute Gasteiger partial charge is 0.342 e. The molecule has 0 saturated carbocycles. The Morgan fingerprint density at radius 3 is 2.48 bits per heavy atom. The molecule has 0 aromatic carbocycles. The Labute approximate surface area is 139 Å². The summed E-state index contributed by atoms with van der Waals surface area (Å²) in [5.74, 6) is 0.320. The number of piperidine rings is 1. The summed E-state index contributed by atoms with van der Waals surface area (Å²) in [6.07, 6.45) is 7.81. The molecule has 0 N–H and O–H groups in total. The average Bonchev–Trinajstić information content (AvgIpc) is 2.87. The minimum atomic E-state index is -0.0957. The maximum atomic E-state index is 12.8. The van der Waals surface area contributed by atoms with E-state index >= 15 is 0 Å². The maximum Gasteiger partial charge on any atom is 0.226 e. The van der Waals surface area contributed by atoms with Crippen LogP contribution in [0.3, 0.4) is 0 Å². The van der Waals surface area contributed by atoms with E-state index in [4.69, 9.17) is 5.26 Å². The smallest absolute Gasteiger partial charge is 0.226 e. The van der Waals surface area contributed by atoms with Crippen LogP contribution in [0.2, 0.25) is 0 Å². The van der Waals surface area contributed by atoms with Crippen molar-refractivity contribution < 1.29 is 4.79 Å². The van der Waals surface area contributed by atoms with Crippen LogP contribution in [0.4, 0.5) is 0 Å². The highest BCUT2D eigenvalue weighted by Crippen LogP contribution is 2.22. The van der Waals surface area contributed by atoms with E-state index in [1.54, 1.807) is 0 Å². The lowest BCUT2D eigenvalue weighted by Crippen LogP contribution is -2.46. The van der Waals surface area contributed by atoms with Crippen molar-refractivity contribution in [3.8, 4) is 12.1 Å². The van der Waals surface area contributed by atoms with Gasteiger partial charge in [0.2, 0.25) is 5.91 Å². The van der Waals surface area contributed by atoms with Gasteiger partial charge in [0.15, 0.2) is 0 Å². The summed E-state index contributed by atoms with van der Waals surface area (Å²) < 4.78 is 0. The number of carbonyl (C=O) groups excluding carboxylic acids is 1. The fourth-order valence-electron chi connectivity index (χ4n) is 3.72. The zero-order valence-electron chi connectivity index (χ0n) is 14.0. The van der Waals surface area contributed by atoms with Crippen LogP contribution in [0.15, 0.2) is 0 Å². The molecular weight excluding hydrogens is 288 g/mol. The van der Waals surface area contributed by atoms with Crippen molar-refractivity contribution in [3.63, 3.8) is 0 Å². The lowest BCUT2D eigenvalue weighted by Gasteiger charge is -2.35. The fraction of sp³-hybridized carbons (Fsp3) is 0.833. The number of amides is 1. The minimum Gasteiger partial charge on any atom is -0.342 e. The van der Waals surface area contributed by atoms with Gasteiger partial charge in [-0.3, -0.25) is 4.79 Å². The summed E-state index contributed by atoms with van der Waals surface area (Å²) in [6.45, 7) is 4.27.